The van der Waals surface area contributed by atoms with Crippen LogP contribution in [0.3, 0.4) is 0 Å². The van der Waals surface area contributed by atoms with Crippen molar-refractivity contribution in [2.24, 2.45) is 0 Å². The van der Waals surface area contributed by atoms with E-state index in [1.807, 2.05) is 48.9 Å². The lowest BCUT2D eigenvalue weighted by Gasteiger charge is -2.06. The Kier molecular flexibility index (Phi) is 6.26. The number of carbonyl (C=O) groups is 2. The quantitative estimate of drug-likeness (QED) is 0.340. The zero-order valence-electron chi connectivity index (χ0n) is 15.5. The number of Topliss-reactive ketones (excluding diaryl/α,β-unsaturated/α-hetero) is 1. The van der Waals surface area contributed by atoms with E-state index in [-0.39, 0.29) is 11.3 Å². The summed E-state index contributed by atoms with van der Waals surface area (Å²) in [6, 6.07) is 15.0. The minimum atomic E-state index is -0.513. The van der Waals surface area contributed by atoms with E-state index in [1.54, 1.807) is 0 Å². The first-order chi connectivity index (χ1) is 13.5. The van der Waals surface area contributed by atoms with E-state index in [2.05, 4.69) is 5.10 Å². The number of rotatable bonds is 7. The van der Waals surface area contributed by atoms with Crippen molar-refractivity contribution < 1.29 is 18.7 Å². The van der Waals surface area contributed by atoms with Crippen molar-refractivity contribution >= 4 is 23.5 Å². The Hall–Kier alpha value is -2.93. The summed E-state index contributed by atoms with van der Waals surface area (Å²) >= 11 is 1.32. The third-order valence-electron chi connectivity index (χ3n) is 4.07. The molecule has 5 nitrogen and oxygen atoms in total. The summed E-state index contributed by atoms with van der Waals surface area (Å²) in [6.45, 7) is 3.41. The van der Waals surface area contributed by atoms with Crippen molar-refractivity contribution in [1.82, 2.24) is 9.78 Å². The molecule has 0 aliphatic heterocycles. The number of hydrogen-bond donors (Lipinski definition) is 0. The van der Waals surface area contributed by atoms with Gasteiger partial charge in [0.25, 0.3) is 0 Å². The van der Waals surface area contributed by atoms with Gasteiger partial charge in [-0.3, -0.25) is 9.59 Å². The molecule has 0 spiro atoms. The van der Waals surface area contributed by atoms with E-state index in [4.69, 9.17) is 4.74 Å². The molecule has 1 aromatic heterocycles. The fourth-order valence-corrected chi connectivity index (χ4v) is 3.61. The van der Waals surface area contributed by atoms with Crippen LogP contribution >= 0.6 is 11.8 Å². The molecule has 2 aromatic carbocycles. The summed E-state index contributed by atoms with van der Waals surface area (Å²) in [6.07, 6.45) is 0. The molecule has 0 aliphatic carbocycles. The van der Waals surface area contributed by atoms with Crippen molar-refractivity contribution in [3.63, 3.8) is 0 Å². The molecule has 0 saturated heterocycles. The number of hydrogen-bond acceptors (Lipinski definition) is 5. The Morgan fingerprint density at radius 3 is 2.57 bits per heavy atom. The lowest BCUT2D eigenvalue weighted by molar-refractivity contribution is -0.139. The Labute approximate surface area is 166 Å². The van der Waals surface area contributed by atoms with Gasteiger partial charge in [-0.2, -0.15) is 5.10 Å². The fourth-order valence-electron chi connectivity index (χ4n) is 2.72. The zero-order valence-corrected chi connectivity index (χ0v) is 16.3. The van der Waals surface area contributed by atoms with Crippen molar-refractivity contribution in [2.75, 3.05) is 12.4 Å². The molecule has 0 N–H and O–H groups in total. The van der Waals surface area contributed by atoms with Gasteiger partial charge in [0, 0.05) is 5.56 Å². The number of ether oxygens (including phenoxy) is 1. The highest BCUT2D eigenvalue weighted by Crippen LogP contribution is 2.28. The number of benzene rings is 2. The van der Waals surface area contributed by atoms with Crippen LogP contribution in [0.2, 0.25) is 0 Å². The predicted octanol–water partition coefficient (Wildman–Crippen LogP) is 4.15. The standard InChI is InChI=1S/C21H19FN2O3S/c1-14-21(15(2)24(23-14)18-9-4-3-5-10-18)28-13-20(26)27-12-19(25)16-7-6-8-17(22)11-16/h3-11H,12-13H2,1-2H3. The SMILES string of the molecule is Cc1nn(-c2ccccc2)c(C)c1SCC(=O)OCC(=O)c1cccc(F)c1. The molecule has 1 heterocycles. The molecule has 0 unspecified atom stereocenters. The van der Waals surface area contributed by atoms with E-state index in [1.165, 1.54) is 30.0 Å². The predicted molar refractivity (Wildman–Crippen MR) is 105 cm³/mol. The number of para-hydroxylation sites is 1. The Bertz CT molecular complexity index is 1000. The summed E-state index contributed by atoms with van der Waals surface area (Å²) in [5.74, 6) is -1.41. The molecule has 0 amide bonds. The molecule has 0 radical (unpaired) electrons. The number of esters is 1. The third kappa shape index (κ3) is 4.67. The Balaban J connectivity index is 1.58. The largest absolute Gasteiger partial charge is 0.457 e. The monoisotopic (exact) mass is 398 g/mol. The van der Waals surface area contributed by atoms with Crippen LogP contribution in [0.5, 0.6) is 0 Å². The van der Waals surface area contributed by atoms with Crippen molar-refractivity contribution in [3.8, 4) is 5.69 Å². The number of aryl methyl sites for hydroxylation is 1. The van der Waals surface area contributed by atoms with E-state index < -0.39 is 24.2 Å². The molecule has 144 valence electrons. The molecule has 3 aromatic rings. The summed E-state index contributed by atoms with van der Waals surface area (Å²) in [4.78, 5) is 24.9. The first kappa shape index (κ1) is 19.8. The molecule has 0 bridgehead atoms. The Morgan fingerprint density at radius 2 is 1.86 bits per heavy atom. The van der Waals surface area contributed by atoms with Crippen LogP contribution in [-0.2, 0) is 9.53 Å². The molecule has 0 atom stereocenters. The molecular formula is C21H19FN2O3S. The average molecular weight is 398 g/mol. The summed E-state index contributed by atoms with van der Waals surface area (Å²) < 4.78 is 20.0. The molecular weight excluding hydrogens is 379 g/mol. The minimum Gasteiger partial charge on any atom is -0.457 e. The molecule has 0 fully saturated rings. The van der Waals surface area contributed by atoms with Gasteiger partial charge in [-0.25, -0.2) is 9.07 Å². The maximum Gasteiger partial charge on any atom is 0.316 e. The summed E-state index contributed by atoms with van der Waals surface area (Å²) in [7, 11) is 0. The van der Waals surface area contributed by atoms with Crippen molar-refractivity contribution in [3.05, 3.63) is 77.4 Å². The average Bonchev–Trinajstić information content (AvgIpc) is 2.98. The molecule has 0 aliphatic rings. The molecule has 3 rings (SSSR count). The molecule has 7 heteroatoms. The number of nitrogens with zero attached hydrogens (tertiary/aromatic N) is 2. The maximum absolute atomic E-state index is 13.2. The second kappa shape index (κ2) is 8.84. The number of thioether (sulfide) groups is 1. The maximum atomic E-state index is 13.2. The smallest absolute Gasteiger partial charge is 0.316 e. The van der Waals surface area contributed by atoms with E-state index in [9.17, 15) is 14.0 Å². The Morgan fingerprint density at radius 1 is 1.11 bits per heavy atom. The van der Waals surface area contributed by atoms with Gasteiger partial charge < -0.3 is 4.74 Å². The highest BCUT2D eigenvalue weighted by molar-refractivity contribution is 8.00. The van der Waals surface area contributed by atoms with Crippen LogP contribution in [0.4, 0.5) is 4.39 Å². The first-order valence-electron chi connectivity index (χ1n) is 8.64. The van der Waals surface area contributed by atoms with Gasteiger partial charge >= 0.3 is 5.97 Å². The normalized spacial score (nSPS) is 10.7. The third-order valence-corrected chi connectivity index (χ3v) is 5.33. The van der Waals surface area contributed by atoms with Crippen LogP contribution < -0.4 is 0 Å². The fraction of sp³-hybridized carbons (Fsp3) is 0.190. The minimum absolute atomic E-state index is 0.0542. The highest BCUT2D eigenvalue weighted by Gasteiger charge is 2.16. The van der Waals surface area contributed by atoms with Gasteiger partial charge in [-0.1, -0.05) is 30.3 Å². The van der Waals surface area contributed by atoms with Crippen molar-refractivity contribution in [1.29, 1.82) is 0 Å². The van der Waals surface area contributed by atoms with Crippen LogP contribution in [0.15, 0.2) is 59.5 Å². The molecule has 28 heavy (non-hydrogen) atoms. The summed E-state index contributed by atoms with van der Waals surface area (Å²) in [5, 5.41) is 4.53. The van der Waals surface area contributed by atoms with Crippen LogP contribution in [-0.4, -0.2) is 33.9 Å². The van der Waals surface area contributed by atoms with Gasteiger partial charge in [-0.15, -0.1) is 11.8 Å². The van der Waals surface area contributed by atoms with E-state index in [0.717, 1.165) is 28.0 Å². The molecule has 0 saturated carbocycles. The van der Waals surface area contributed by atoms with Crippen LogP contribution in [0.1, 0.15) is 21.7 Å². The van der Waals surface area contributed by atoms with E-state index >= 15 is 0 Å². The summed E-state index contributed by atoms with van der Waals surface area (Å²) in [5.41, 5.74) is 2.86. The lowest BCUT2D eigenvalue weighted by atomic mass is 10.1. The number of carbonyl (C=O) groups excluding carboxylic acids is 2. The van der Waals surface area contributed by atoms with Crippen LogP contribution in [0, 0.1) is 19.7 Å². The first-order valence-corrected chi connectivity index (χ1v) is 9.63. The van der Waals surface area contributed by atoms with Gasteiger partial charge in [-0.05, 0) is 38.1 Å². The lowest BCUT2D eigenvalue weighted by Crippen LogP contribution is -2.15. The van der Waals surface area contributed by atoms with E-state index in [0.29, 0.717) is 0 Å². The number of halogens is 1. The van der Waals surface area contributed by atoms with Crippen molar-refractivity contribution in [2.45, 2.75) is 18.7 Å². The number of ketones is 1. The second-order valence-corrected chi connectivity index (χ2v) is 7.12. The van der Waals surface area contributed by atoms with Gasteiger partial charge in [0.15, 0.2) is 12.4 Å². The van der Waals surface area contributed by atoms with Gasteiger partial charge in [0.1, 0.15) is 5.82 Å². The number of aromatic nitrogens is 2. The van der Waals surface area contributed by atoms with Crippen LogP contribution in [0.25, 0.3) is 5.69 Å². The van der Waals surface area contributed by atoms with Gasteiger partial charge in [0.2, 0.25) is 0 Å². The second-order valence-electron chi connectivity index (χ2n) is 6.13. The topological polar surface area (TPSA) is 61.2 Å². The van der Waals surface area contributed by atoms with Gasteiger partial charge in [0.05, 0.1) is 27.7 Å². The zero-order chi connectivity index (χ0) is 20.1. The highest BCUT2D eigenvalue weighted by atomic mass is 32.2.